The van der Waals surface area contributed by atoms with Gasteiger partial charge in [0.1, 0.15) is 11.6 Å². The first-order valence-electron chi connectivity index (χ1n) is 13.0. The summed E-state index contributed by atoms with van der Waals surface area (Å²) in [6.45, 7) is 11.2. The molecule has 1 unspecified atom stereocenters. The molecule has 2 aliphatic rings. The number of carbonyl (C=O) groups is 2. The van der Waals surface area contributed by atoms with Gasteiger partial charge in [0.15, 0.2) is 0 Å². The number of benzene rings is 1. The molecule has 2 aromatic rings. The predicted octanol–water partition coefficient (Wildman–Crippen LogP) is 4.30. The Bertz CT molecular complexity index is 1090. The molecule has 9 heteroatoms. The van der Waals surface area contributed by atoms with Gasteiger partial charge in [0.05, 0.1) is 24.0 Å². The molecule has 1 fully saturated rings. The minimum atomic E-state index is -1.11. The highest BCUT2D eigenvalue weighted by molar-refractivity contribution is 5.78. The highest BCUT2D eigenvalue weighted by Gasteiger charge is 2.32. The highest BCUT2D eigenvalue weighted by Crippen LogP contribution is 2.32. The first kappa shape index (κ1) is 26.1. The van der Waals surface area contributed by atoms with Gasteiger partial charge in [-0.1, -0.05) is 26.0 Å². The summed E-state index contributed by atoms with van der Waals surface area (Å²) >= 11 is 0. The zero-order chi connectivity index (χ0) is 26.0. The molecule has 3 heterocycles. The molecule has 2 atom stereocenters. The highest BCUT2D eigenvalue weighted by atomic mass is 19.1. The maximum absolute atomic E-state index is 13.8. The van der Waals surface area contributed by atoms with Crippen LogP contribution in [0.4, 0.5) is 9.18 Å². The van der Waals surface area contributed by atoms with Crippen molar-refractivity contribution < 1.29 is 19.1 Å². The van der Waals surface area contributed by atoms with E-state index in [1.54, 1.807) is 12.1 Å². The molecule has 0 bridgehead atoms. The van der Waals surface area contributed by atoms with Crippen LogP contribution in [0.3, 0.4) is 0 Å². The summed E-state index contributed by atoms with van der Waals surface area (Å²) in [5.41, 5.74) is 2.94. The van der Waals surface area contributed by atoms with E-state index in [4.69, 9.17) is 4.98 Å². The lowest BCUT2D eigenvalue weighted by atomic mass is 9.96. The number of rotatable bonds is 7. The Morgan fingerprint density at radius 1 is 1.19 bits per heavy atom. The summed E-state index contributed by atoms with van der Waals surface area (Å²) in [7, 11) is 0. The molecule has 2 N–H and O–H groups in total. The van der Waals surface area contributed by atoms with Gasteiger partial charge in [-0.05, 0) is 50.8 Å². The normalized spacial score (nSPS) is 18.7. The van der Waals surface area contributed by atoms with Crippen LogP contribution in [0.5, 0.6) is 0 Å². The van der Waals surface area contributed by atoms with E-state index in [0.717, 1.165) is 50.4 Å². The van der Waals surface area contributed by atoms with Crippen molar-refractivity contribution in [3.63, 3.8) is 0 Å². The molecule has 196 valence electrons. The van der Waals surface area contributed by atoms with Crippen molar-refractivity contribution >= 4 is 12.0 Å². The van der Waals surface area contributed by atoms with Crippen LogP contribution in [0.15, 0.2) is 24.3 Å². The van der Waals surface area contributed by atoms with Crippen LogP contribution in [0.25, 0.3) is 0 Å². The first-order chi connectivity index (χ1) is 17.1. The summed E-state index contributed by atoms with van der Waals surface area (Å²) in [5, 5.41) is 11.9. The van der Waals surface area contributed by atoms with Crippen molar-refractivity contribution in [3.05, 3.63) is 52.9 Å². The third kappa shape index (κ3) is 5.72. The number of carboxylic acid groups (broad SMARTS) is 1. The monoisotopic (exact) mass is 499 g/mol. The molecule has 36 heavy (non-hydrogen) atoms. The third-order valence-corrected chi connectivity index (χ3v) is 7.65. The smallest absolute Gasteiger partial charge is 0.405 e. The zero-order valence-corrected chi connectivity index (χ0v) is 21.7. The fraction of sp³-hybridized carbons (Fsp3) is 0.593. The number of aromatic nitrogens is 2. The van der Waals surface area contributed by atoms with Gasteiger partial charge < -0.3 is 24.8 Å². The average molecular weight is 500 g/mol. The van der Waals surface area contributed by atoms with E-state index < -0.39 is 12.1 Å². The summed E-state index contributed by atoms with van der Waals surface area (Å²) in [6, 6.07) is 6.13. The summed E-state index contributed by atoms with van der Waals surface area (Å²) < 4.78 is 16.1. The molecule has 1 saturated heterocycles. The summed E-state index contributed by atoms with van der Waals surface area (Å²) in [4.78, 5) is 33.2. The second-order valence-electron chi connectivity index (χ2n) is 10.5. The van der Waals surface area contributed by atoms with E-state index in [2.05, 4.69) is 28.6 Å². The molecule has 2 amide bonds. The van der Waals surface area contributed by atoms with Gasteiger partial charge in [0.25, 0.3) is 0 Å². The number of carbonyl (C=O) groups excluding carboxylic acids is 1. The molecule has 4 rings (SSSR count). The lowest BCUT2D eigenvalue weighted by Crippen LogP contribution is -2.43. The van der Waals surface area contributed by atoms with Crippen LogP contribution in [0.1, 0.15) is 74.9 Å². The predicted molar refractivity (Wildman–Crippen MR) is 135 cm³/mol. The SMILES string of the molecule is Cc1nc2c(n1C1CCN(C(C)C[C@H](NC(=O)O)c3cccc(F)c3)CC1)CN(C(=O)C(C)C)CC2. The van der Waals surface area contributed by atoms with Crippen LogP contribution in [-0.4, -0.2) is 62.1 Å². The number of aryl methyl sites for hydroxylation is 1. The van der Waals surface area contributed by atoms with E-state index in [-0.39, 0.29) is 23.7 Å². The van der Waals surface area contributed by atoms with Crippen molar-refractivity contribution in [2.75, 3.05) is 19.6 Å². The largest absolute Gasteiger partial charge is 0.465 e. The molecular weight excluding hydrogens is 461 g/mol. The number of nitrogens with zero attached hydrogens (tertiary/aromatic N) is 4. The van der Waals surface area contributed by atoms with E-state index in [9.17, 15) is 19.1 Å². The maximum Gasteiger partial charge on any atom is 0.405 e. The van der Waals surface area contributed by atoms with Gasteiger partial charge in [0, 0.05) is 44.1 Å². The van der Waals surface area contributed by atoms with Crippen LogP contribution >= 0.6 is 0 Å². The molecule has 0 radical (unpaired) electrons. The van der Waals surface area contributed by atoms with Crippen molar-refractivity contribution in [1.29, 1.82) is 0 Å². The Balaban J connectivity index is 1.41. The van der Waals surface area contributed by atoms with Crippen LogP contribution in [-0.2, 0) is 17.8 Å². The minimum absolute atomic E-state index is 0.0134. The van der Waals surface area contributed by atoms with Crippen molar-refractivity contribution in [3.8, 4) is 0 Å². The maximum atomic E-state index is 13.8. The number of hydrogen-bond acceptors (Lipinski definition) is 4. The zero-order valence-electron chi connectivity index (χ0n) is 21.7. The van der Waals surface area contributed by atoms with Gasteiger partial charge in [-0.15, -0.1) is 0 Å². The Morgan fingerprint density at radius 2 is 1.92 bits per heavy atom. The number of amides is 2. The van der Waals surface area contributed by atoms with Gasteiger partial charge in [0.2, 0.25) is 5.91 Å². The van der Waals surface area contributed by atoms with E-state index in [1.807, 2.05) is 18.7 Å². The molecule has 0 spiro atoms. The van der Waals surface area contributed by atoms with Crippen molar-refractivity contribution in [2.45, 2.75) is 78.0 Å². The molecule has 8 nitrogen and oxygen atoms in total. The number of halogens is 1. The van der Waals surface area contributed by atoms with Crippen LogP contribution < -0.4 is 5.32 Å². The van der Waals surface area contributed by atoms with Crippen LogP contribution in [0.2, 0.25) is 0 Å². The Labute approximate surface area is 212 Å². The lowest BCUT2D eigenvalue weighted by Gasteiger charge is -2.39. The molecule has 0 aliphatic carbocycles. The van der Waals surface area contributed by atoms with Crippen molar-refractivity contribution in [1.82, 2.24) is 24.7 Å². The van der Waals surface area contributed by atoms with Gasteiger partial charge in [-0.3, -0.25) is 4.79 Å². The number of likely N-dealkylation sites (tertiary alicyclic amines) is 1. The van der Waals surface area contributed by atoms with E-state index in [1.165, 1.54) is 17.8 Å². The number of fused-ring (bicyclic) bond motifs is 1. The second kappa shape index (κ2) is 11.0. The first-order valence-corrected chi connectivity index (χ1v) is 13.0. The number of hydrogen-bond donors (Lipinski definition) is 2. The summed E-state index contributed by atoms with van der Waals surface area (Å²) in [6.07, 6.45) is 2.18. The number of imidazole rings is 1. The Kier molecular flexibility index (Phi) is 7.97. The van der Waals surface area contributed by atoms with Gasteiger partial charge >= 0.3 is 6.09 Å². The molecule has 1 aromatic carbocycles. The molecule has 0 saturated carbocycles. The molecule has 2 aliphatic heterocycles. The van der Waals surface area contributed by atoms with Crippen LogP contribution in [0, 0.1) is 18.7 Å². The molecular formula is C27H38FN5O3. The Morgan fingerprint density at radius 3 is 2.56 bits per heavy atom. The Hall–Kier alpha value is -2.94. The fourth-order valence-electron chi connectivity index (χ4n) is 5.78. The average Bonchev–Trinajstić information content (AvgIpc) is 3.17. The van der Waals surface area contributed by atoms with E-state index in [0.29, 0.717) is 24.6 Å². The lowest BCUT2D eigenvalue weighted by molar-refractivity contribution is -0.135. The minimum Gasteiger partial charge on any atom is -0.465 e. The fourth-order valence-corrected chi connectivity index (χ4v) is 5.78. The van der Waals surface area contributed by atoms with Crippen molar-refractivity contribution in [2.24, 2.45) is 5.92 Å². The topological polar surface area (TPSA) is 90.7 Å². The van der Waals surface area contributed by atoms with Gasteiger partial charge in [-0.25, -0.2) is 14.2 Å². The molecule has 1 aromatic heterocycles. The number of nitrogens with one attached hydrogen (secondary N) is 1. The quantitative estimate of drug-likeness (QED) is 0.593. The third-order valence-electron chi connectivity index (χ3n) is 7.65. The number of piperidine rings is 1. The van der Waals surface area contributed by atoms with Gasteiger partial charge in [-0.2, -0.15) is 0 Å². The second-order valence-corrected chi connectivity index (χ2v) is 10.5. The standard InChI is InChI=1S/C27H38FN5O3/c1-17(2)26(34)32-13-10-23-25(16-32)33(19(4)29-23)22-8-11-31(12-9-22)18(3)14-24(30-27(35)36)20-6-5-7-21(28)15-20/h5-7,15,17-18,22,24,30H,8-14,16H2,1-4H3,(H,35,36)/t18?,24-/m0/s1. The summed E-state index contributed by atoms with van der Waals surface area (Å²) in [5.74, 6) is 0.825. The van der Waals surface area contributed by atoms with E-state index >= 15 is 0 Å².